The van der Waals surface area contributed by atoms with Crippen LogP contribution in [0.15, 0.2) is 12.3 Å². The number of anilines is 2. The smallest absolute Gasteiger partial charge is 0.146 e. The molecule has 19 heavy (non-hydrogen) atoms. The van der Waals surface area contributed by atoms with Crippen LogP contribution >= 0.6 is 0 Å². The van der Waals surface area contributed by atoms with Gasteiger partial charge in [0.15, 0.2) is 0 Å². The number of rotatable bonds is 2. The standard InChI is InChI=1S/C16H23N3/c1-18-14-5-13(9-19-15(14)17)16-6-10-2-11(7-16)4-12(3-10)8-16/h5,9-12,18H,2-4,6-8H2,1H3,(H2,17,19). The average molecular weight is 257 g/mol. The summed E-state index contributed by atoms with van der Waals surface area (Å²) in [6.45, 7) is 0. The number of hydrogen-bond acceptors (Lipinski definition) is 3. The molecule has 0 radical (unpaired) electrons. The van der Waals surface area contributed by atoms with Crippen LogP contribution < -0.4 is 11.1 Å². The minimum Gasteiger partial charge on any atom is -0.385 e. The third-order valence-electron chi connectivity index (χ3n) is 5.84. The van der Waals surface area contributed by atoms with Crippen molar-refractivity contribution < 1.29 is 0 Å². The van der Waals surface area contributed by atoms with Gasteiger partial charge in [0.1, 0.15) is 5.82 Å². The molecule has 102 valence electrons. The van der Waals surface area contributed by atoms with Gasteiger partial charge < -0.3 is 11.1 Å². The van der Waals surface area contributed by atoms with Crippen LogP contribution in [-0.2, 0) is 5.41 Å². The van der Waals surface area contributed by atoms with Crippen molar-refractivity contribution in [2.45, 2.75) is 43.9 Å². The molecule has 0 atom stereocenters. The first-order chi connectivity index (χ1) is 9.18. The van der Waals surface area contributed by atoms with Crippen LogP contribution in [0, 0.1) is 17.8 Å². The lowest BCUT2D eigenvalue weighted by Gasteiger charge is -2.57. The Balaban J connectivity index is 1.75. The Morgan fingerprint density at radius 1 is 1.16 bits per heavy atom. The zero-order valence-electron chi connectivity index (χ0n) is 11.7. The molecule has 4 fully saturated rings. The Hall–Kier alpha value is -1.25. The Labute approximate surface area is 115 Å². The number of hydrogen-bond donors (Lipinski definition) is 2. The summed E-state index contributed by atoms with van der Waals surface area (Å²) in [7, 11) is 1.93. The van der Waals surface area contributed by atoms with E-state index >= 15 is 0 Å². The van der Waals surface area contributed by atoms with E-state index < -0.39 is 0 Å². The van der Waals surface area contributed by atoms with Crippen molar-refractivity contribution in [3.63, 3.8) is 0 Å². The summed E-state index contributed by atoms with van der Waals surface area (Å²) >= 11 is 0. The minimum atomic E-state index is 0.418. The predicted molar refractivity (Wildman–Crippen MR) is 78.0 cm³/mol. The zero-order chi connectivity index (χ0) is 13.0. The molecule has 0 saturated heterocycles. The van der Waals surface area contributed by atoms with Crippen LogP contribution in [0.5, 0.6) is 0 Å². The van der Waals surface area contributed by atoms with Crippen molar-refractivity contribution in [3.05, 3.63) is 17.8 Å². The lowest BCUT2D eigenvalue weighted by Crippen LogP contribution is -2.48. The summed E-state index contributed by atoms with van der Waals surface area (Å²) in [4.78, 5) is 4.42. The molecule has 0 aromatic carbocycles. The molecule has 3 N–H and O–H groups in total. The molecular weight excluding hydrogens is 234 g/mol. The number of nitrogen functional groups attached to an aromatic ring is 1. The molecule has 1 aromatic rings. The largest absolute Gasteiger partial charge is 0.385 e. The first-order valence-electron chi connectivity index (χ1n) is 7.62. The maximum atomic E-state index is 5.92. The Morgan fingerprint density at radius 2 is 1.74 bits per heavy atom. The number of nitrogens with zero attached hydrogens (tertiary/aromatic N) is 1. The van der Waals surface area contributed by atoms with E-state index in [9.17, 15) is 0 Å². The topological polar surface area (TPSA) is 50.9 Å². The first-order valence-corrected chi connectivity index (χ1v) is 7.62. The van der Waals surface area contributed by atoms with Crippen LogP contribution in [0.2, 0.25) is 0 Å². The molecule has 3 heteroatoms. The highest BCUT2D eigenvalue weighted by molar-refractivity contribution is 5.62. The number of pyridine rings is 1. The van der Waals surface area contributed by atoms with E-state index in [0.717, 1.165) is 23.4 Å². The SMILES string of the molecule is CNc1cc(C23CC4CC(CC(C4)C2)C3)cnc1N. The van der Waals surface area contributed by atoms with Gasteiger partial charge in [-0.05, 0) is 73.3 Å². The van der Waals surface area contributed by atoms with E-state index in [1.807, 2.05) is 13.2 Å². The maximum absolute atomic E-state index is 5.92. The lowest BCUT2D eigenvalue weighted by molar-refractivity contribution is -0.00530. The van der Waals surface area contributed by atoms with E-state index in [1.165, 1.54) is 44.1 Å². The van der Waals surface area contributed by atoms with Gasteiger partial charge in [-0.25, -0.2) is 4.98 Å². The second kappa shape index (κ2) is 3.87. The molecule has 4 aliphatic rings. The molecule has 0 unspecified atom stereocenters. The molecular formula is C16H23N3. The van der Waals surface area contributed by atoms with Crippen molar-refractivity contribution in [2.24, 2.45) is 17.8 Å². The normalized spacial score (nSPS) is 39.5. The summed E-state index contributed by atoms with van der Waals surface area (Å²) in [5.74, 6) is 3.54. The van der Waals surface area contributed by atoms with Crippen LogP contribution in [-0.4, -0.2) is 12.0 Å². The lowest BCUT2D eigenvalue weighted by atomic mass is 9.48. The van der Waals surface area contributed by atoms with Gasteiger partial charge in [-0.1, -0.05) is 0 Å². The fourth-order valence-corrected chi connectivity index (χ4v) is 5.43. The van der Waals surface area contributed by atoms with Gasteiger partial charge >= 0.3 is 0 Å². The van der Waals surface area contributed by atoms with Crippen LogP contribution in [0.1, 0.15) is 44.1 Å². The van der Waals surface area contributed by atoms with E-state index in [0.29, 0.717) is 11.2 Å². The minimum absolute atomic E-state index is 0.418. The summed E-state index contributed by atoms with van der Waals surface area (Å²) in [5.41, 5.74) is 8.76. The molecule has 1 aromatic heterocycles. The van der Waals surface area contributed by atoms with E-state index in [4.69, 9.17) is 5.73 Å². The summed E-state index contributed by atoms with van der Waals surface area (Å²) in [6.07, 6.45) is 10.7. The van der Waals surface area contributed by atoms with Crippen LogP contribution in [0.25, 0.3) is 0 Å². The Morgan fingerprint density at radius 3 is 2.26 bits per heavy atom. The Bertz CT molecular complexity index is 473. The van der Waals surface area contributed by atoms with E-state index in [-0.39, 0.29) is 0 Å². The quantitative estimate of drug-likeness (QED) is 0.855. The first kappa shape index (κ1) is 11.6. The number of aromatic nitrogens is 1. The predicted octanol–water partition coefficient (Wildman–Crippen LogP) is 3.17. The second-order valence-corrected chi connectivity index (χ2v) is 7.10. The fraction of sp³-hybridized carbons (Fsp3) is 0.688. The number of nitrogens with one attached hydrogen (secondary N) is 1. The van der Waals surface area contributed by atoms with Gasteiger partial charge in [-0.15, -0.1) is 0 Å². The van der Waals surface area contributed by atoms with Crippen molar-refractivity contribution in [1.29, 1.82) is 0 Å². The van der Waals surface area contributed by atoms with Gasteiger partial charge in [-0.2, -0.15) is 0 Å². The van der Waals surface area contributed by atoms with Gasteiger partial charge in [0.05, 0.1) is 5.69 Å². The molecule has 0 spiro atoms. The molecule has 5 rings (SSSR count). The maximum Gasteiger partial charge on any atom is 0.146 e. The van der Waals surface area contributed by atoms with Crippen molar-refractivity contribution >= 4 is 11.5 Å². The molecule has 0 aliphatic heterocycles. The monoisotopic (exact) mass is 257 g/mol. The van der Waals surface area contributed by atoms with E-state index in [1.54, 1.807) is 0 Å². The molecule has 1 heterocycles. The van der Waals surface area contributed by atoms with Crippen molar-refractivity contribution in [3.8, 4) is 0 Å². The van der Waals surface area contributed by atoms with Crippen molar-refractivity contribution in [2.75, 3.05) is 18.1 Å². The average Bonchev–Trinajstić information content (AvgIpc) is 2.37. The highest BCUT2D eigenvalue weighted by Gasteiger charge is 2.51. The molecule has 0 amide bonds. The van der Waals surface area contributed by atoms with Crippen LogP contribution in [0.3, 0.4) is 0 Å². The highest BCUT2D eigenvalue weighted by atomic mass is 14.9. The third-order valence-corrected chi connectivity index (χ3v) is 5.84. The number of nitrogens with two attached hydrogens (primary N) is 1. The van der Waals surface area contributed by atoms with E-state index in [2.05, 4.69) is 16.4 Å². The third kappa shape index (κ3) is 1.67. The summed E-state index contributed by atoms with van der Waals surface area (Å²) < 4.78 is 0. The van der Waals surface area contributed by atoms with Gasteiger partial charge in [0.2, 0.25) is 0 Å². The highest BCUT2D eigenvalue weighted by Crippen LogP contribution is 2.60. The Kier molecular flexibility index (Phi) is 2.36. The van der Waals surface area contributed by atoms with Crippen molar-refractivity contribution in [1.82, 2.24) is 4.98 Å². The summed E-state index contributed by atoms with van der Waals surface area (Å²) in [6, 6.07) is 2.26. The molecule has 4 saturated carbocycles. The van der Waals surface area contributed by atoms with Gasteiger partial charge in [0.25, 0.3) is 0 Å². The molecule has 4 bridgehead atoms. The van der Waals surface area contributed by atoms with Crippen LogP contribution in [0.4, 0.5) is 11.5 Å². The zero-order valence-corrected chi connectivity index (χ0v) is 11.7. The fourth-order valence-electron chi connectivity index (χ4n) is 5.43. The van der Waals surface area contributed by atoms with Gasteiger partial charge in [0, 0.05) is 13.2 Å². The second-order valence-electron chi connectivity index (χ2n) is 7.10. The molecule has 4 aliphatic carbocycles. The molecule has 3 nitrogen and oxygen atoms in total. The summed E-state index contributed by atoms with van der Waals surface area (Å²) in [5, 5.41) is 3.18. The van der Waals surface area contributed by atoms with Gasteiger partial charge in [-0.3, -0.25) is 0 Å².